The fraction of sp³-hybridized carbons (Fsp3) is 0.167. The maximum Gasteiger partial charge on any atom is 0.248 e. The van der Waals surface area contributed by atoms with Crippen LogP contribution in [0.5, 0.6) is 5.75 Å². The van der Waals surface area contributed by atoms with Gasteiger partial charge in [-0.15, -0.1) is 0 Å². The number of hydrogen-bond donors (Lipinski definition) is 1. The van der Waals surface area contributed by atoms with Gasteiger partial charge in [0.15, 0.2) is 5.75 Å². The van der Waals surface area contributed by atoms with Crippen molar-refractivity contribution in [3.8, 4) is 5.75 Å². The van der Waals surface area contributed by atoms with Crippen LogP contribution >= 0.6 is 11.6 Å². The number of ether oxygens (including phenoxy) is 2. The molecule has 2 rings (SSSR count). The Balaban J connectivity index is 2.05. The second-order valence-corrected chi connectivity index (χ2v) is 5.24. The molecule has 0 aliphatic rings. The summed E-state index contributed by atoms with van der Waals surface area (Å²) in [4.78, 5) is 12.1. The van der Waals surface area contributed by atoms with Crippen molar-refractivity contribution in [3.05, 3.63) is 64.9 Å². The zero-order chi connectivity index (χ0) is 17.4. The summed E-state index contributed by atoms with van der Waals surface area (Å²) in [5, 5.41) is 3.10. The molecule has 0 spiro atoms. The van der Waals surface area contributed by atoms with Crippen molar-refractivity contribution in [2.75, 3.05) is 25.6 Å². The molecule has 0 bridgehead atoms. The second-order valence-electron chi connectivity index (χ2n) is 4.83. The van der Waals surface area contributed by atoms with Crippen LogP contribution in [0.15, 0.2) is 48.5 Å². The zero-order valence-corrected chi connectivity index (χ0v) is 13.8. The van der Waals surface area contributed by atoms with Crippen LogP contribution in [0.2, 0.25) is 5.02 Å². The third kappa shape index (κ3) is 5.37. The highest BCUT2D eigenvalue weighted by atomic mass is 35.5. The van der Waals surface area contributed by atoms with Crippen molar-refractivity contribution in [3.63, 3.8) is 0 Å². The van der Waals surface area contributed by atoms with E-state index >= 15 is 0 Å². The lowest BCUT2D eigenvalue weighted by molar-refractivity contribution is -0.111. The highest BCUT2D eigenvalue weighted by Gasteiger charge is 2.10. The first-order valence-corrected chi connectivity index (χ1v) is 7.63. The van der Waals surface area contributed by atoms with Crippen molar-refractivity contribution in [2.24, 2.45) is 0 Å². The van der Waals surface area contributed by atoms with Gasteiger partial charge in [-0.3, -0.25) is 4.79 Å². The van der Waals surface area contributed by atoms with Crippen LogP contribution in [-0.4, -0.2) is 26.2 Å². The molecule has 0 saturated carbocycles. The average molecular weight is 350 g/mol. The van der Waals surface area contributed by atoms with Crippen LogP contribution in [0.1, 0.15) is 5.56 Å². The normalized spacial score (nSPS) is 10.8. The highest BCUT2D eigenvalue weighted by molar-refractivity contribution is 6.32. The number of benzene rings is 2. The Labute approximate surface area is 144 Å². The Hall–Kier alpha value is -2.37. The lowest BCUT2D eigenvalue weighted by Crippen LogP contribution is -2.11. The molecule has 0 atom stereocenters. The minimum absolute atomic E-state index is 0.314. The predicted molar refractivity (Wildman–Crippen MR) is 92.9 cm³/mol. The van der Waals surface area contributed by atoms with Crippen molar-refractivity contribution in [1.29, 1.82) is 0 Å². The Morgan fingerprint density at radius 3 is 2.67 bits per heavy atom. The van der Waals surface area contributed by atoms with Gasteiger partial charge in [-0.2, -0.15) is 0 Å². The van der Waals surface area contributed by atoms with Crippen molar-refractivity contribution >= 4 is 29.3 Å². The van der Waals surface area contributed by atoms with E-state index in [1.54, 1.807) is 43.5 Å². The van der Waals surface area contributed by atoms with E-state index < -0.39 is 0 Å². The van der Waals surface area contributed by atoms with E-state index in [0.717, 1.165) is 0 Å². The molecule has 0 radical (unpaired) electrons. The lowest BCUT2D eigenvalue weighted by Gasteiger charge is -2.13. The molecule has 0 aromatic heterocycles. The Morgan fingerprint density at radius 1 is 1.21 bits per heavy atom. The monoisotopic (exact) mass is 349 g/mol. The van der Waals surface area contributed by atoms with Crippen LogP contribution < -0.4 is 10.1 Å². The van der Waals surface area contributed by atoms with Crippen LogP contribution in [0.25, 0.3) is 6.08 Å². The summed E-state index contributed by atoms with van der Waals surface area (Å²) in [6.07, 6.45) is 2.94. The second kappa shape index (κ2) is 9.05. The number of hydrogen-bond acceptors (Lipinski definition) is 3. The Morgan fingerprint density at radius 2 is 1.96 bits per heavy atom. The maximum absolute atomic E-state index is 12.8. The summed E-state index contributed by atoms with van der Waals surface area (Å²) in [6, 6.07) is 10.9. The smallest absolute Gasteiger partial charge is 0.248 e. The molecule has 0 fully saturated rings. The fourth-order valence-corrected chi connectivity index (χ4v) is 2.13. The van der Waals surface area contributed by atoms with Gasteiger partial charge in [-0.05, 0) is 35.9 Å². The molecule has 1 N–H and O–H groups in total. The molecular weight excluding hydrogens is 333 g/mol. The number of rotatable bonds is 7. The van der Waals surface area contributed by atoms with Crippen molar-refractivity contribution < 1.29 is 18.7 Å². The topological polar surface area (TPSA) is 47.6 Å². The van der Waals surface area contributed by atoms with E-state index in [2.05, 4.69) is 5.32 Å². The minimum Gasteiger partial charge on any atom is -0.487 e. The number of amides is 1. The molecule has 0 aliphatic heterocycles. The summed E-state index contributed by atoms with van der Waals surface area (Å²) in [6.45, 7) is 0.720. The summed E-state index contributed by atoms with van der Waals surface area (Å²) in [5.74, 6) is -0.286. The van der Waals surface area contributed by atoms with Crippen molar-refractivity contribution in [2.45, 2.75) is 0 Å². The fourth-order valence-electron chi connectivity index (χ4n) is 1.90. The molecule has 2 aromatic carbocycles. The van der Waals surface area contributed by atoms with Gasteiger partial charge < -0.3 is 14.8 Å². The van der Waals surface area contributed by atoms with Gasteiger partial charge in [0.25, 0.3) is 0 Å². The summed E-state index contributed by atoms with van der Waals surface area (Å²) < 4.78 is 23.3. The van der Waals surface area contributed by atoms with E-state index in [-0.39, 0.29) is 11.7 Å². The van der Waals surface area contributed by atoms with Gasteiger partial charge in [0.1, 0.15) is 12.4 Å². The summed E-state index contributed by atoms with van der Waals surface area (Å²) in [5.41, 5.74) is 1.18. The zero-order valence-electron chi connectivity index (χ0n) is 13.1. The Bertz CT molecular complexity index is 717. The number of anilines is 1. The van der Waals surface area contributed by atoms with E-state index in [4.69, 9.17) is 21.1 Å². The highest BCUT2D eigenvalue weighted by Crippen LogP contribution is 2.32. The van der Waals surface area contributed by atoms with E-state index in [9.17, 15) is 9.18 Å². The largest absolute Gasteiger partial charge is 0.487 e. The molecule has 0 unspecified atom stereocenters. The predicted octanol–water partition coefficient (Wildman–Crippen LogP) is 4.16. The number of carbonyl (C=O) groups excluding carboxylic acids is 1. The van der Waals surface area contributed by atoms with Gasteiger partial charge in [0, 0.05) is 13.2 Å². The first-order chi connectivity index (χ1) is 11.6. The third-order valence-corrected chi connectivity index (χ3v) is 3.35. The molecule has 0 aliphatic carbocycles. The standard InChI is InChI=1S/C18H17ClFNO3/c1-23-11-12-24-18-15(19)3-2-4-16(18)21-17(22)10-7-13-5-8-14(20)9-6-13/h2-10H,11-12H2,1H3,(H,21,22)/b10-7+. The molecule has 0 heterocycles. The van der Waals surface area contributed by atoms with Crippen LogP contribution in [0.3, 0.4) is 0 Å². The Kier molecular flexibility index (Phi) is 6.78. The molecule has 24 heavy (non-hydrogen) atoms. The number of methoxy groups -OCH3 is 1. The van der Waals surface area contributed by atoms with E-state index in [0.29, 0.717) is 35.2 Å². The van der Waals surface area contributed by atoms with Crippen molar-refractivity contribution in [1.82, 2.24) is 0 Å². The molecule has 126 valence electrons. The van der Waals surface area contributed by atoms with Crippen LogP contribution in [0, 0.1) is 5.82 Å². The molecular formula is C18H17ClFNO3. The van der Waals surface area contributed by atoms with E-state index in [1.165, 1.54) is 18.2 Å². The number of carbonyl (C=O) groups is 1. The number of halogens is 2. The van der Waals surface area contributed by atoms with Crippen LogP contribution in [-0.2, 0) is 9.53 Å². The van der Waals surface area contributed by atoms with Gasteiger partial charge in [-0.1, -0.05) is 29.8 Å². The number of para-hydroxylation sites is 1. The van der Waals surface area contributed by atoms with Gasteiger partial charge in [-0.25, -0.2) is 4.39 Å². The maximum atomic E-state index is 12.8. The first-order valence-electron chi connectivity index (χ1n) is 7.25. The SMILES string of the molecule is COCCOc1c(Cl)cccc1NC(=O)/C=C/c1ccc(F)cc1. The lowest BCUT2D eigenvalue weighted by atomic mass is 10.2. The summed E-state index contributed by atoms with van der Waals surface area (Å²) >= 11 is 6.11. The molecule has 4 nitrogen and oxygen atoms in total. The van der Waals surface area contributed by atoms with Gasteiger partial charge in [0.2, 0.25) is 5.91 Å². The van der Waals surface area contributed by atoms with Crippen LogP contribution in [0.4, 0.5) is 10.1 Å². The molecule has 1 amide bonds. The average Bonchev–Trinajstić information content (AvgIpc) is 2.57. The number of nitrogens with one attached hydrogen (secondary N) is 1. The minimum atomic E-state index is -0.349. The van der Waals surface area contributed by atoms with Gasteiger partial charge >= 0.3 is 0 Å². The quantitative estimate of drug-likeness (QED) is 0.603. The third-order valence-electron chi connectivity index (χ3n) is 3.06. The van der Waals surface area contributed by atoms with Gasteiger partial charge in [0.05, 0.1) is 17.3 Å². The van der Waals surface area contributed by atoms with E-state index in [1.807, 2.05) is 0 Å². The first kappa shape index (κ1) is 18.0. The molecule has 6 heteroatoms. The summed E-state index contributed by atoms with van der Waals surface area (Å²) in [7, 11) is 1.57. The molecule has 2 aromatic rings. The molecule has 0 saturated heterocycles.